The standard InChI is InChI=1S/C21H17Cl2N5O2/c22-15-7-6-12(10-16(15)23)17-13-4-1-2-5-14(13)18(27-26-17)28-9-3-8-21(11-28)19(29)24-20(30)25-21/h1-2,4-7,10H,3,8-9,11H2,(H2,24,25,29,30). The number of hydrogen-bond acceptors (Lipinski definition) is 5. The summed E-state index contributed by atoms with van der Waals surface area (Å²) in [5, 5.41) is 16.9. The molecule has 3 aromatic rings. The monoisotopic (exact) mass is 441 g/mol. The first-order valence-corrected chi connectivity index (χ1v) is 10.3. The number of carbonyl (C=O) groups excluding carboxylic acids is 2. The number of halogens is 2. The molecule has 3 heterocycles. The molecule has 2 fully saturated rings. The quantitative estimate of drug-likeness (QED) is 0.590. The van der Waals surface area contributed by atoms with Crippen molar-refractivity contribution in [3.63, 3.8) is 0 Å². The van der Waals surface area contributed by atoms with Gasteiger partial charge >= 0.3 is 6.03 Å². The van der Waals surface area contributed by atoms with E-state index in [1.54, 1.807) is 12.1 Å². The summed E-state index contributed by atoms with van der Waals surface area (Å²) in [5.41, 5.74) is 0.587. The third-order valence-electron chi connectivity index (χ3n) is 5.67. The van der Waals surface area contributed by atoms with Gasteiger partial charge in [-0.1, -0.05) is 53.5 Å². The second-order valence-corrected chi connectivity index (χ2v) is 8.38. The Morgan fingerprint density at radius 3 is 2.53 bits per heavy atom. The lowest BCUT2D eigenvalue weighted by molar-refractivity contribution is -0.124. The van der Waals surface area contributed by atoms with Crippen molar-refractivity contribution in [3.8, 4) is 11.3 Å². The number of rotatable bonds is 2. The van der Waals surface area contributed by atoms with Crippen molar-refractivity contribution in [1.29, 1.82) is 0 Å². The molecule has 1 unspecified atom stereocenters. The largest absolute Gasteiger partial charge is 0.352 e. The van der Waals surface area contributed by atoms with Crippen molar-refractivity contribution < 1.29 is 9.59 Å². The second-order valence-electron chi connectivity index (χ2n) is 7.56. The number of amides is 3. The zero-order valence-corrected chi connectivity index (χ0v) is 17.3. The fourth-order valence-electron chi connectivity index (χ4n) is 4.23. The van der Waals surface area contributed by atoms with E-state index in [1.165, 1.54) is 0 Å². The van der Waals surface area contributed by atoms with E-state index in [2.05, 4.69) is 20.8 Å². The SMILES string of the molecule is O=C1NC(=O)C2(CCCN(c3nnc(-c4ccc(Cl)c(Cl)c4)c4ccccc34)C2)N1. The van der Waals surface area contributed by atoms with Gasteiger partial charge in [0.25, 0.3) is 5.91 Å². The molecular formula is C21H17Cl2N5O2. The van der Waals surface area contributed by atoms with Gasteiger partial charge in [0.2, 0.25) is 0 Å². The van der Waals surface area contributed by atoms with Gasteiger partial charge in [0.05, 0.1) is 16.6 Å². The van der Waals surface area contributed by atoms with Crippen LogP contribution in [0.3, 0.4) is 0 Å². The van der Waals surface area contributed by atoms with Crippen LogP contribution >= 0.6 is 23.2 Å². The molecular weight excluding hydrogens is 425 g/mol. The van der Waals surface area contributed by atoms with Gasteiger partial charge in [-0.15, -0.1) is 10.2 Å². The Balaban J connectivity index is 1.59. The number of carbonyl (C=O) groups is 2. The zero-order valence-electron chi connectivity index (χ0n) is 15.8. The van der Waals surface area contributed by atoms with Crippen LogP contribution in [0.2, 0.25) is 10.0 Å². The molecule has 1 aromatic heterocycles. The van der Waals surface area contributed by atoms with Gasteiger partial charge in [-0.25, -0.2) is 4.79 Å². The van der Waals surface area contributed by atoms with Gasteiger partial charge in [0.1, 0.15) is 11.2 Å². The lowest BCUT2D eigenvalue weighted by atomic mass is 9.89. The van der Waals surface area contributed by atoms with Crippen molar-refractivity contribution in [1.82, 2.24) is 20.8 Å². The molecule has 1 spiro atoms. The minimum atomic E-state index is -0.930. The van der Waals surface area contributed by atoms with Crippen LogP contribution in [0.1, 0.15) is 12.8 Å². The highest BCUT2D eigenvalue weighted by Gasteiger charge is 2.49. The second kappa shape index (κ2) is 7.11. The third-order valence-corrected chi connectivity index (χ3v) is 6.41. The fourth-order valence-corrected chi connectivity index (χ4v) is 4.53. The maximum Gasteiger partial charge on any atom is 0.322 e. The number of hydrogen-bond donors (Lipinski definition) is 2. The number of aromatic nitrogens is 2. The summed E-state index contributed by atoms with van der Waals surface area (Å²) in [6.45, 7) is 1.06. The molecule has 1 atom stereocenters. The van der Waals surface area contributed by atoms with Crippen molar-refractivity contribution in [3.05, 3.63) is 52.5 Å². The number of imide groups is 1. The van der Waals surface area contributed by atoms with Crippen LogP contribution in [0.25, 0.3) is 22.0 Å². The number of nitrogens with one attached hydrogen (secondary N) is 2. The Morgan fingerprint density at radius 1 is 1.00 bits per heavy atom. The predicted molar refractivity (Wildman–Crippen MR) is 116 cm³/mol. The average molecular weight is 442 g/mol. The lowest BCUT2D eigenvalue weighted by Gasteiger charge is -2.38. The lowest BCUT2D eigenvalue weighted by Crippen LogP contribution is -2.58. The number of piperidine rings is 1. The molecule has 0 aliphatic carbocycles. The molecule has 0 bridgehead atoms. The van der Waals surface area contributed by atoms with Crippen LogP contribution in [0.5, 0.6) is 0 Å². The Kier molecular flexibility index (Phi) is 4.52. The minimum absolute atomic E-state index is 0.290. The van der Waals surface area contributed by atoms with Gasteiger partial charge in [-0.05, 0) is 25.0 Å². The Morgan fingerprint density at radius 2 is 1.80 bits per heavy atom. The number of anilines is 1. The summed E-state index contributed by atoms with van der Waals surface area (Å²) in [6, 6.07) is 12.8. The smallest absolute Gasteiger partial charge is 0.322 e. The molecule has 2 saturated heterocycles. The summed E-state index contributed by atoms with van der Waals surface area (Å²) < 4.78 is 0. The summed E-state index contributed by atoms with van der Waals surface area (Å²) in [4.78, 5) is 26.2. The van der Waals surface area contributed by atoms with E-state index in [-0.39, 0.29) is 5.91 Å². The van der Waals surface area contributed by atoms with Gasteiger partial charge in [0.15, 0.2) is 5.82 Å². The third kappa shape index (κ3) is 3.05. The highest BCUT2D eigenvalue weighted by atomic mass is 35.5. The molecule has 7 nitrogen and oxygen atoms in total. The van der Waals surface area contributed by atoms with E-state index < -0.39 is 11.6 Å². The van der Waals surface area contributed by atoms with Gasteiger partial charge in [0, 0.05) is 22.9 Å². The molecule has 5 rings (SSSR count). The Bertz CT molecular complexity index is 1200. The van der Waals surface area contributed by atoms with E-state index in [4.69, 9.17) is 23.2 Å². The molecule has 0 saturated carbocycles. The maximum absolute atomic E-state index is 12.4. The summed E-state index contributed by atoms with van der Waals surface area (Å²) in [7, 11) is 0. The van der Waals surface area contributed by atoms with Crippen LogP contribution in [-0.2, 0) is 4.79 Å². The minimum Gasteiger partial charge on any atom is -0.352 e. The first-order valence-electron chi connectivity index (χ1n) is 9.56. The molecule has 2 N–H and O–H groups in total. The molecule has 3 amide bonds. The summed E-state index contributed by atoms with van der Waals surface area (Å²) in [5.74, 6) is 0.393. The van der Waals surface area contributed by atoms with E-state index in [9.17, 15) is 9.59 Å². The molecule has 2 aliphatic heterocycles. The first kappa shape index (κ1) is 19.1. The molecule has 30 heavy (non-hydrogen) atoms. The van der Waals surface area contributed by atoms with Gasteiger partial charge in [-0.2, -0.15) is 0 Å². The van der Waals surface area contributed by atoms with Crippen LogP contribution in [-0.4, -0.2) is 40.8 Å². The number of benzene rings is 2. The molecule has 9 heteroatoms. The van der Waals surface area contributed by atoms with E-state index in [1.807, 2.05) is 35.2 Å². The molecule has 0 radical (unpaired) electrons. The van der Waals surface area contributed by atoms with Crippen molar-refractivity contribution >= 4 is 51.7 Å². The van der Waals surface area contributed by atoms with E-state index in [0.717, 1.165) is 29.3 Å². The van der Waals surface area contributed by atoms with Crippen molar-refractivity contribution in [2.24, 2.45) is 0 Å². The summed E-state index contributed by atoms with van der Waals surface area (Å²) in [6.07, 6.45) is 1.34. The van der Waals surface area contributed by atoms with Gasteiger partial charge < -0.3 is 10.2 Å². The molecule has 152 valence electrons. The summed E-state index contributed by atoms with van der Waals surface area (Å²) >= 11 is 12.3. The Labute approximate surface area is 182 Å². The van der Waals surface area contributed by atoms with Crippen LogP contribution < -0.4 is 15.5 Å². The highest BCUT2D eigenvalue weighted by molar-refractivity contribution is 6.42. The average Bonchev–Trinajstić information content (AvgIpc) is 3.01. The normalized spacial score (nSPS) is 21.2. The fraction of sp³-hybridized carbons (Fsp3) is 0.238. The van der Waals surface area contributed by atoms with E-state index in [0.29, 0.717) is 34.5 Å². The topological polar surface area (TPSA) is 87.2 Å². The number of fused-ring (bicyclic) bond motifs is 1. The molecule has 2 aliphatic rings. The van der Waals surface area contributed by atoms with E-state index >= 15 is 0 Å². The van der Waals surface area contributed by atoms with Crippen molar-refractivity contribution in [2.45, 2.75) is 18.4 Å². The maximum atomic E-state index is 12.4. The number of nitrogens with zero attached hydrogens (tertiary/aromatic N) is 3. The van der Waals surface area contributed by atoms with Crippen molar-refractivity contribution in [2.75, 3.05) is 18.0 Å². The van der Waals surface area contributed by atoms with Gasteiger partial charge in [-0.3, -0.25) is 10.1 Å². The zero-order chi connectivity index (χ0) is 20.9. The van der Waals surface area contributed by atoms with Crippen LogP contribution in [0.15, 0.2) is 42.5 Å². The Hall–Kier alpha value is -2.90. The highest BCUT2D eigenvalue weighted by Crippen LogP contribution is 2.36. The molecule has 2 aromatic carbocycles. The first-order chi connectivity index (χ1) is 14.5. The van der Waals surface area contributed by atoms with Crippen LogP contribution in [0, 0.1) is 0 Å². The van der Waals surface area contributed by atoms with Crippen LogP contribution in [0.4, 0.5) is 10.6 Å². The number of urea groups is 1. The predicted octanol–water partition coefficient (Wildman–Crippen LogP) is 3.78.